The summed E-state index contributed by atoms with van der Waals surface area (Å²) in [4.78, 5) is 0. The number of benzene rings is 1. The maximum Gasteiger partial charge on any atom is 0.573 e. The Hall–Kier alpha value is -1.96. The fourth-order valence-corrected chi connectivity index (χ4v) is 0.958. The van der Waals surface area contributed by atoms with Crippen molar-refractivity contribution in [3.8, 4) is 11.8 Å². The normalized spacial score (nSPS) is 10.5. The second-order valence-electron chi connectivity index (χ2n) is 2.58. The maximum atomic E-state index is 11.9. The van der Waals surface area contributed by atoms with Crippen molar-refractivity contribution < 1.29 is 17.9 Å². The highest BCUT2D eigenvalue weighted by molar-refractivity contribution is 5.42. The molecule has 0 saturated carbocycles. The molecule has 0 fully saturated rings. The Morgan fingerprint density at radius 1 is 1.20 bits per heavy atom. The number of nitriles is 1. The molecule has 1 radical (unpaired) electrons. The molecule has 0 unspecified atom stereocenters. The molecule has 0 aliphatic rings. The van der Waals surface area contributed by atoms with Gasteiger partial charge in [-0.2, -0.15) is 5.26 Å². The van der Waals surface area contributed by atoms with Crippen LogP contribution in [0.25, 0.3) is 0 Å². The number of ether oxygens (including phenoxy) is 1. The third-order valence-corrected chi connectivity index (χ3v) is 1.47. The Kier molecular flexibility index (Phi) is 3.00. The van der Waals surface area contributed by atoms with Crippen LogP contribution in [0.4, 0.5) is 13.2 Å². The molecule has 0 atom stereocenters. The molecule has 0 aliphatic carbocycles. The highest BCUT2D eigenvalue weighted by Gasteiger charge is 2.31. The molecular formula is C10H5F3NO. The molecule has 0 N–H and O–H groups in total. The number of halogens is 3. The Labute approximate surface area is 84.2 Å². The molecule has 5 heteroatoms. The zero-order valence-corrected chi connectivity index (χ0v) is 7.43. The Balaban J connectivity index is 3.09. The lowest BCUT2D eigenvalue weighted by molar-refractivity contribution is -0.274. The molecule has 0 bridgehead atoms. The number of alkyl halides is 3. The van der Waals surface area contributed by atoms with E-state index in [9.17, 15) is 13.2 Å². The molecule has 1 aromatic carbocycles. The minimum Gasteiger partial charge on any atom is -0.406 e. The number of rotatable bonds is 2. The second kappa shape index (κ2) is 4.05. The first-order chi connectivity index (χ1) is 6.94. The van der Waals surface area contributed by atoms with Crippen LogP contribution in [0.2, 0.25) is 0 Å². The van der Waals surface area contributed by atoms with Crippen LogP contribution in [-0.4, -0.2) is 6.36 Å². The van der Waals surface area contributed by atoms with Gasteiger partial charge in [-0.1, -0.05) is 6.58 Å². The van der Waals surface area contributed by atoms with Gasteiger partial charge in [-0.25, -0.2) is 0 Å². The molecule has 0 aliphatic heterocycles. The lowest BCUT2D eigenvalue weighted by Crippen LogP contribution is -2.17. The first-order valence-electron chi connectivity index (χ1n) is 3.78. The van der Waals surface area contributed by atoms with Gasteiger partial charge in [0.1, 0.15) is 5.75 Å². The minimum absolute atomic E-state index is 0.0582. The van der Waals surface area contributed by atoms with Gasteiger partial charge in [0.15, 0.2) is 0 Å². The van der Waals surface area contributed by atoms with Crippen LogP contribution in [-0.2, 0) is 0 Å². The minimum atomic E-state index is -4.77. The van der Waals surface area contributed by atoms with Crippen molar-refractivity contribution in [2.45, 2.75) is 6.36 Å². The van der Waals surface area contributed by atoms with Crippen LogP contribution in [0.3, 0.4) is 0 Å². The Morgan fingerprint density at radius 3 is 2.27 bits per heavy atom. The van der Waals surface area contributed by atoms with Crippen LogP contribution < -0.4 is 4.74 Å². The van der Waals surface area contributed by atoms with Crippen LogP contribution in [0, 0.1) is 17.4 Å². The fraction of sp³-hybridized carbons (Fsp3) is 0.100. The predicted octanol–water partition coefficient (Wildman–Crippen LogP) is 2.79. The molecule has 1 rings (SSSR count). The van der Waals surface area contributed by atoms with E-state index in [0.717, 1.165) is 12.1 Å². The molecule has 2 nitrogen and oxygen atoms in total. The van der Waals surface area contributed by atoms with E-state index >= 15 is 0 Å². The van der Waals surface area contributed by atoms with Crippen molar-refractivity contribution in [1.29, 1.82) is 5.26 Å². The number of nitrogens with zero attached hydrogens (tertiary/aromatic N) is 1. The predicted molar refractivity (Wildman–Crippen MR) is 45.8 cm³/mol. The summed E-state index contributed by atoms with van der Waals surface area (Å²) in [5, 5.41) is 8.55. The standard InChI is InChI=1S/C10H5F3NO/c1-2-7-3-8(6-14)5-9(4-7)15-10(11,12)13/h3-5H,1H2. The van der Waals surface area contributed by atoms with Gasteiger partial charge in [0.05, 0.1) is 11.6 Å². The summed E-state index contributed by atoms with van der Waals surface area (Å²) in [6, 6.07) is 5.16. The van der Waals surface area contributed by atoms with Gasteiger partial charge < -0.3 is 4.74 Å². The van der Waals surface area contributed by atoms with Crippen molar-refractivity contribution in [1.82, 2.24) is 0 Å². The lowest BCUT2D eigenvalue weighted by atomic mass is 10.1. The average Bonchev–Trinajstić information content (AvgIpc) is 2.14. The SMILES string of the molecule is C=[C]c1cc(C#N)cc(OC(F)(F)F)c1. The fourth-order valence-electron chi connectivity index (χ4n) is 0.958. The van der Waals surface area contributed by atoms with E-state index in [2.05, 4.69) is 17.4 Å². The average molecular weight is 212 g/mol. The van der Waals surface area contributed by atoms with Crippen LogP contribution in [0.5, 0.6) is 5.75 Å². The van der Waals surface area contributed by atoms with E-state index in [0.29, 0.717) is 0 Å². The Morgan fingerprint density at radius 2 is 1.80 bits per heavy atom. The second-order valence-corrected chi connectivity index (χ2v) is 2.58. The summed E-state index contributed by atoms with van der Waals surface area (Å²) in [5.41, 5.74) is 0.330. The van der Waals surface area contributed by atoms with Gasteiger partial charge in [0.25, 0.3) is 0 Å². The zero-order valence-electron chi connectivity index (χ0n) is 7.43. The maximum absolute atomic E-state index is 11.9. The molecule has 0 heterocycles. The molecule has 15 heavy (non-hydrogen) atoms. The summed E-state index contributed by atoms with van der Waals surface area (Å²) in [7, 11) is 0. The summed E-state index contributed by atoms with van der Waals surface area (Å²) >= 11 is 0. The third-order valence-electron chi connectivity index (χ3n) is 1.47. The largest absolute Gasteiger partial charge is 0.573 e. The van der Waals surface area contributed by atoms with Crippen molar-refractivity contribution in [3.63, 3.8) is 0 Å². The molecule has 77 valence electrons. The summed E-state index contributed by atoms with van der Waals surface area (Å²) in [5.74, 6) is -0.451. The van der Waals surface area contributed by atoms with Crippen LogP contribution in [0.15, 0.2) is 24.8 Å². The summed E-state index contributed by atoms with van der Waals surface area (Å²) in [6.07, 6.45) is -2.39. The van der Waals surface area contributed by atoms with E-state index < -0.39 is 12.1 Å². The molecule has 0 amide bonds. The van der Waals surface area contributed by atoms with Crippen molar-refractivity contribution in [2.24, 2.45) is 0 Å². The highest BCUT2D eigenvalue weighted by Crippen LogP contribution is 2.24. The number of hydrogen-bond acceptors (Lipinski definition) is 2. The van der Waals surface area contributed by atoms with E-state index in [1.165, 1.54) is 6.07 Å². The first kappa shape index (κ1) is 11.1. The van der Waals surface area contributed by atoms with Crippen LogP contribution >= 0.6 is 0 Å². The molecule has 0 aromatic heterocycles. The number of hydrogen-bond donors (Lipinski definition) is 0. The molecule has 0 spiro atoms. The van der Waals surface area contributed by atoms with E-state index in [1.54, 1.807) is 6.07 Å². The highest BCUT2D eigenvalue weighted by atomic mass is 19.4. The van der Waals surface area contributed by atoms with E-state index in [1.807, 2.05) is 0 Å². The molecule has 1 aromatic rings. The lowest BCUT2D eigenvalue weighted by Gasteiger charge is -2.09. The van der Waals surface area contributed by atoms with Gasteiger partial charge in [-0.15, -0.1) is 13.2 Å². The van der Waals surface area contributed by atoms with Gasteiger partial charge >= 0.3 is 6.36 Å². The first-order valence-corrected chi connectivity index (χ1v) is 3.78. The topological polar surface area (TPSA) is 33.0 Å². The van der Waals surface area contributed by atoms with E-state index in [-0.39, 0.29) is 11.1 Å². The molecule has 0 saturated heterocycles. The van der Waals surface area contributed by atoms with Gasteiger partial charge in [0, 0.05) is 0 Å². The monoisotopic (exact) mass is 212 g/mol. The smallest absolute Gasteiger partial charge is 0.406 e. The van der Waals surface area contributed by atoms with Crippen molar-refractivity contribution in [3.05, 3.63) is 42.0 Å². The Bertz CT molecular complexity index is 418. The third kappa shape index (κ3) is 3.35. The van der Waals surface area contributed by atoms with Gasteiger partial charge in [-0.3, -0.25) is 0 Å². The summed E-state index contributed by atoms with van der Waals surface area (Å²) in [6.45, 7) is 3.27. The van der Waals surface area contributed by atoms with E-state index in [4.69, 9.17) is 5.26 Å². The molecular weight excluding hydrogens is 207 g/mol. The zero-order chi connectivity index (χ0) is 11.5. The quantitative estimate of drug-likeness (QED) is 0.755. The summed E-state index contributed by atoms with van der Waals surface area (Å²) < 4.78 is 39.3. The van der Waals surface area contributed by atoms with Gasteiger partial charge in [-0.05, 0) is 29.8 Å². The van der Waals surface area contributed by atoms with Crippen LogP contribution in [0.1, 0.15) is 11.1 Å². The van der Waals surface area contributed by atoms with Gasteiger partial charge in [0.2, 0.25) is 0 Å². The van der Waals surface area contributed by atoms with Crippen molar-refractivity contribution in [2.75, 3.05) is 0 Å². The van der Waals surface area contributed by atoms with Crippen molar-refractivity contribution >= 4 is 0 Å².